The number of fused-ring (bicyclic) bond motifs is 1. The minimum atomic E-state index is -1.05. The molecule has 3 aliphatic rings. The van der Waals surface area contributed by atoms with Gasteiger partial charge >= 0.3 is 23.9 Å². The number of cyclic esters (lactones) is 1. The van der Waals surface area contributed by atoms with Crippen molar-refractivity contribution < 1.29 is 38.1 Å². The Labute approximate surface area is 188 Å². The highest BCUT2D eigenvalue weighted by atomic mass is 16.7. The van der Waals surface area contributed by atoms with Crippen LogP contribution in [0.4, 0.5) is 0 Å². The van der Waals surface area contributed by atoms with Crippen molar-refractivity contribution in [2.45, 2.75) is 65.1 Å². The summed E-state index contributed by atoms with van der Waals surface area (Å²) in [5.41, 5.74) is -0.236. The van der Waals surface area contributed by atoms with E-state index in [1.807, 2.05) is 6.92 Å². The molecule has 5 atom stereocenters. The smallest absolute Gasteiger partial charge is 0.334 e. The molecule has 0 amide bonds. The highest BCUT2D eigenvalue weighted by Gasteiger charge is 2.64. The molecular formula is C24H32O8. The van der Waals surface area contributed by atoms with Gasteiger partial charge in [0, 0.05) is 18.6 Å². The monoisotopic (exact) mass is 448 g/mol. The van der Waals surface area contributed by atoms with Crippen molar-refractivity contribution in [1.29, 1.82) is 0 Å². The molecule has 0 aromatic carbocycles. The number of methoxy groups -OCH3 is 2. The van der Waals surface area contributed by atoms with Gasteiger partial charge in [0.05, 0.1) is 25.0 Å². The second kappa shape index (κ2) is 9.08. The first kappa shape index (κ1) is 24.0. The van der Waals surface area contributed by atoms with Crippen molar-refractivity contribution in [3.8, 4) is 0 Å². The molecule has 2 aliphatic carbocycles. The van der Waals surface area contributed by atoms with Gasteiger partial charge in [-0.15, -0.1) is 0 Å². The van der Waals surface area contributed by atoms with Gasteiger partial charge in [-0.2, -0.15) is 0 Å². The van der Waals surface area contributed by atoms with Gasteiger partial charge in [0.1, 0.15) is 0 Å². The van der Waals surface area contributed by atoms with Crippen molar-refractivity contribution in [1.82, 2.24) is 0 Å². The molecule has 0 aromatic rings. The largest absolute Gasteiger partial charge is 0.469 e. The Hall–Kier alpha value is -2.64. The molecule has 176 valence electrons. The molecule has 2 saturated carbocycles. The Morgan fingerprint density at radius 2 is 1.88 bits per heavy atom. The molecule has 8 nitrogen and oxygen atoms in total. The van der Waals surface area contributed by atoms with Gasteiger partial charge in [0.25, 0.3) is 6.29 Å². The van der Waals surface area contributed by atoms with Gasteiger partial charge in [-0.1, -0.05) is 18.6 Å². The minimum Gasteiger partial charge on any atom is -0.469 e. The Balaban J connectivity index is 1.94. The van der Waals surface area contributed by atoms with Crippen molar-refractivity contribution in [2.75, 3.05) is 14.2 Å². The summed E-state index contributed by atoms with van der Waals surface area (Å²) in [5.74, 6) is -2.27. The van der Waals surface area contributed by atoms with Crippen LogP contribution in [0.15, 0.2) is 23.8 Å². The Bertz CT molecular complexity index is 858. The van der Waals surface area contributed by atoms with Crippen LogP contribution in [0.2, 0.25) is 0 Å². The van der Waals surface area contributed by atoms with Crippen LogP contribution in [-0.4, -0.2) is 44.4 Å². The van der Waals surface area contributed by atoms with Gasteiger partial charge in [-0.3, -0.25) is 14.4 Å². The molecule has 8 heteroatoms. The second-order valence-electron chi connectivity index (χ2n) is 9.23. The molecule has 1 aliphatic heterocycles. The topological polar surface area (TPSA) is 105 Å². The molecule has 32 heavy (non-hydrogen) atoms. The van der Waals surface area contributed by atoms with E-state index < -0.39 is 29.1 Å². The fraction of sp³-hybridized carbons (Fsp3) is 0.667. The van der Waals surface area contributed by atoms with E-state index in [9.17, 15) is 19.2 Å². The van der Waals surface area contributed by atoms with E-state index in [-0.39, 0.29) is 23.8 Å². The van der Waals surface area contributed by atoms with E-state index in [4.69, 9.17) is 18.9 Å². The number of hydrogen-bond acceptors (Lipinski definition) is 8. The zero-order valence-corrected chi connectivity index (χ0v) is 19.2. The van der Waals surface area contributed by atoms with Crippen molar-refractivity contribution in [2.24, 2.45) is 22.7 Å². The van der Waals surface area contributed by atoms with Crippen LogP contribution < -0.4 is 0 Å². The molecule has 0 spiro atoms. The van der Waals surface area contributed by atoms with Gasteiger partial charge in [-0.05, 0) is 57.3 Å². The SMILES string of the molecule is C=C1CC[C@@H]2[C@](C(=O)OC)(CCC[C@]2(C)C(=O)OC)[C@H]1CCC1=CC(=O)O[C@H]1OC(C)=O. The average Bonchev–Trinajstić information content (AvgIpc) is 3.09. The van der Waals surface area contributed by atoms with Gasteiger partial charge in [-0.25, -0.2) is 4.79 Å². The van der Waals surface area contributed by atoms with Crippen LogP contribution in [0.5, 0.6) is 0 Å². The number of allylic oxidation sites excluding steroid dienone is 1. The number of rotatable bonds is 6. The number of carbonyl (C=O) groups excluding carboxylic acids is 4. The summed E-state index contributed by atoms with van der Waals surface area (Å²) in [6, 6.07) is 0. The first-order valence-corrected chi connectivity index (χ1v) is 11.0. The number of esters is 4. The zero-order chi connectivity index (χ0) is 23.7. The summed E-state index contributed by atoms with van der Waals surface area (Å²) in [5, 5.41) is 0. The van der Waals surface area contributed by atoms with Crippen LogP contribution in [0, 0.1) is 22.7 Å². The lowest BCUT2D eigenvalue weighted by Crippen LogP contribution is -2.58. The van der Waals surface area contributed by atoms with E-state index >= 15 is 0 Å². The number of carbonyl (C=O) groups is 4. The molecule has 0 bridgehead atoms. The molecule has 3 rings (SSSR count). The summed E-state index contributed by atoms with van der Waals surface area (Å²) < 4.78 is 20.6. The molecule has 0 radical (unpaired) electrons. The molecule has 0 N–H and O–H groups in total. The van der Waals surface area contributed by atoms with Crippen LogP contribution in [0.25, 0.3) is 0 Å². The normalized spacial score (nSPS) is 34.1. The lowest BCUT2D eigenvalue weighted by Gasteiger charge is -2.56. The third-order valence-electron chi connectivity index (χ3n) is 7.59. The van der Waals surface area contributed by atoms with Gasteiger partial charge < -0.3 is 18.9 Å². The molecule has 1 heterocycles. The first-order valence-electron chi connectivity index (χ1n) is 11.0. The highest BCUT2D eigenvalue weighted by molar-refractivity contribution is 5.86. The maximum Gasteiger partial charge on any atom is 0.334 e. The van der Waals surface area contributed by atoms with Crippen molar-refractivity contribution in [3.63, 3.8) is 0 Å². The van der Waals surface area contributed by atoms with E-state index in [1.54, 1.807) is 0 Å². The summed E-state index contributed by atoms with van der Waals surface area (Å²) in [4.78, 5) is 49.3. The van der Waals surface area contributed by atoms with Crippen LogP contribution in [0.1, 0.15) is 58.8 Å². The Morgan fingerprint density at radius 1 is 1.19 bits per heavy atom. The summed E-state index contributed by atoms with van der Waals surface area (Å²) in [7, 11) is 2.75. The summed E-state index contributed by atoms with van der Waals surface area (Å²) >= 11 is 0. The average molecular weight is 449 g/mol. The standard InChI is InChI=1S/C24H32O8/c1-14-7-10-18-23(3,21(27)29-4)11-6-12-24(18,22(28)30-5)17(14)9-8-16-13-19(26)32-20(16)31-15(2)25/h13,17-18,20H,1,6-12H2,2-5H3/t17-,18-,20+,23-,24-/m0/s1. The molecule has 2 fully saturated rings. The first-order chi connectivity index (χ1) is 15.1. The Morgan fingerprint density at radius 3 is 2.50 bits per heavy atom. The predicted octanol–water partition coefficient (Wildman–Crippen LogP) is 3.24. The maximum absolute atomic E-state index is 13.4. The van der Waals surface area contributed by atoms with Crippen LogP contribution >= 0.6 is 0 Å². The fourth-order valence-corrected chi connectivity index (χ4v) is 6.23. The van der Waals surface area contributed by atoms with Crippen LogP contribution in [-0.2, 0) is 38.1 Å². The quantitative estimate of drug-likeness (QED) is 0.346. The summed E-state index contributed by atoms with van der Waals surface area (Å²) in [6.45, 7) is 7.39. The van der Waals surface area contributed by atoms with E-state index in [0.29, 0.717) is 50.5 Å². The van der Waals surface area contributed by atoms with Crippen molar-refractivity contribution >= 4 is 23.9 Å². The molecule has 0 aromatic heterocycles. The number of ether oxygens (including phenoxy) is 4. The third-order valence-corrected chi connectivity index (χ3v) is 7.59. The van der Waals surface area contributed by atoms with Gasteiger partial charge in [0.15, 0.2) is 0 Å². The zero-order valence-electron chi connectivity index (χ0n) is 19.2. The van der Waals surface area contributed by atoms with E-state index in [1.165, 1.54) is 27.2 Å². The van der Waals surface area contributed by atoms with Gasteiger partial charge in [0.2, 0.25) is 0 Å². The lowest BCUT2D eigenvalue weighted by atomic mass is 9.45. The van der Waals surface area contributed by atoms with Crippen LogP contribution in [0.3, 0.4) is 0 Å². The highest BCUT2D eigenvalue weighted by Crippen LogP contribution is 2.63. The van der Waals surface area contributed by atoms with E-state index in [2.05, 4.69) is 6.58 Å². The second-order valence-corrected chi connectivity index (χ2v) is 9.23. The molecule has 0 unspecified atom stereocenters. The van der Waals surface area contributed by atoms with E-state index in [0.717, 1.165) is 5.57 Å². The minimum absolute atomic E-state index is 0.251. The molecular weight excluding hydrogens is 416 g/mol. The Kier molecular flexibility index (Phi) is 6.81. The summed E-state index contributed by atoms with van der Waals surface area (Å²) in [6.07, 6.45) is 4.40. The predicted molar refractivity (Wildman–Crippen MR) is 113 cm³/mol. The fourth-order valence-electron chi connectivity index (χ4n) is 6.23. The lowest BCUT2D eigenvalue weighted by molar-refractivity contribution is -0.185. The van der Waals surface area contributed by atoms with Crippen molar-refractivity contribution in [3.05, 3.63) is 23.8 Å². The maximum atomic E-state index is 13.4. The third kappa shape index (κ3) is 3.95. The molecule has 0 saturated heterocycles. The number of hydrogen-bond donors (Lipinski definition) is 0.